The standard InChI is InChI=1S/C16H21N5O2/c1-13-17-16(23-19-13)12-21-9-7-20(8-10-21)11-15(22)18-14-5-3-2-4-6-14/h2-6H,7-12H2,1H3,(H,18,22). The summed E-state index contributed by atoms with van der Waals surface area (Å²) in [4.78, 5) is 20.7. The minimum absolute atomic E-state index is 0.0252. The number of hydrogen-bond donors (Lipinski definition) is 1. The van der Waals surface area contributed by atoms with E-state index < -0.39 is 0 Å². The molecule has 1 aliphatic rings. The van der Waals surface area contributed by atoms with Crippen LogP contribution in [0.15, 0.2) is 34.9 Å². The first kappa shape index (κ1) is 15.6. The van der Waals surface area contributed by atoms with Crippen LogP contribution in [0.5, 0.6) is 0 Å². The van der Waals surface area contributed by atoms with E-state index in [1.807, 2.05) is 37.3 Å². The zero-order valence-corrected chi connectivity index (χ0v) is 13.2. The van der Waals surface area contributed by atoms with Crippen molar-refractivity contribution in [2.75, 3.05) is 38.0 Å². The highest BCUT2D eigenvalue weighted by atomic mass is 16.5. The molecule has 1 aliphatic heterocycles. The number of aryl methyl sites for hydroxylation is 1. The SMILES string of the molecule is Cc1noc(CN2CCN(CC(=O)Nc3ccccc3)CC2)n1. The van der Waals surface area contributed by atoms with Gasteiger partial charge in [-0.25, -0.2) is 0 Å². The highest BCUT2D eigenvalue weighted by Crippen LogP contribution is 2.08. The smallest absolute Gasteiger partial charge is 0.240 e. The maximum absolute atomic E-state index is 12.1. The molecule has 3 rings (SSSR count). The van der Waals surface area contributed by atoms with Crippen molar-refractivity contribution in [3.8, 4) is 0 Å². The molecule has 1 N–H and O–H groups in total. The van der Waals surface area contributed by atoms with E-state index in [-0.39, 0.29) is 5.91 Å². The van der Waals surface area contributed by atoms with E-state index in [4.69, 9.17) is 4.52 Å². The second-order valence-electron chi connectivity index (χ2n) is 5.70. The Balaban J connectivity index is 1.41. The summed E-state index contributed by atoms with van der Waals surface area (Å²) >= 11 is 0. The van der Waals surface area contributed by atoms with Crippen molar-refractivity contribution < 1.29 is 9.32 Å². The molecule has 1 fully saturated rings. The zero-order chi connectivity index (χ0) is 16.1. The first-order chi connectivity index (χ1) is 11.2. The van der Waals surface area contributed by atoms with Gasteiger partial charge in [-0.2, -0.15) is 4.98 Å². The quantitative estimate of drug-likeness (QED) is 0.892. The van der Waals surface area contributed by atoms with Gasteiger partial charge in [0, 0.05) is 31.9 Å². The summed E-state index contributed by atoms with van der Waals surface area (Å²) < 4.78 is 5.14. The number of rotatable bonds is 5. The van der Waals surface area contributed by atoms with Gasteiger partial charge < -0.3 is 9.84 Å². The molecule has 7 heteroatoms. The molecule has 0 bridgehead atoms. The Morgan fingerprint density at radius 2 is 1.87 bits per heavy atom. The van der Waals surface area contributed by atoms with Gasteiger partial charge >= 0.3 is 0 Å². The van der Waals surface area contributed by atoms with Crippen LogP contribution in [-0.2, 0) is 11.3 Å². The number of aromatic nitrogens is 2. The van der Waals surface area contributed by atoms with Crippen LogP contribution in [0.3, 0.4) is 0 Å². The number of carbonyl (C=O) groups excluding carboxylic acids is 1. The number of piperazine rings is 1. The molecule has 122 valence electrons. The fourth-order valence-corrected chi connectivity index (χ4v) is 2.63. The van der Waals surface area contributed by atoms with E-state index in [0.717, 1.165) is 31.9 Å². The van der Waals surface area contributed by atoms with Crippen molar-refractivity contribution >= 4 is 11.6 Å². The molecule has 0 saturated carbocycles. The molecule has 0 spiro atoms. The van der Waals surface area contributed by atoms with E-state index in [1.165, 1.54) is 0 Å². The maximum Gasteiger partial charge on any atom is 0.240 e. The minimum Gasteiger partial charge on any atom is -0.338 e. The third-order valence-electron chi connectivity index (χ3n) is 3.82. The molecule has 7 nitrogen and oxygen atoms in total. The van der Waals surface area contributed by atoms with E-state index in [1.54, 1.807) is 0 Å². The third-order valence-corrected chi connectivity index (χ3v) is 3.82. The minimum atomic E-state index is 0.0252. The Morgan fingerprint density at radius 3 is 2.52 bits per heavy atom. The van der Waals surface area contributed by atoms with Gasteiger partial charge in [-0.3, -0.25) is 14.6 Å². The van der Waals surface area contributed by atoms with E-state index >= 15 is 0 Å². The summed E-state index contributed by atoms with van der Waals surface area (Å²) in [5.74, 6) is 1.34. The van der Waals surface area contributed by atoms with Gasteiger partial charge in [0.2, 0.25) is 11.8 Å². The highest BCUT2D eigenvalue weighted by molar-refractivity contribution is 5.92. The molecule has 1 saturated heterocycles. The van der Waals surface area contributed by atoms with Crippen molar-refractivity contribution in [1.29, 1.82) is 0 Å². The van der Waals surface area contributed by atoms with E-state index in [9.17, 15) is 4.79 Å². The number of nitrogens with zero attached hydrogens (tertiary/aromatic N) is 4. The Kier molecular flexibility index (Phi) is 4.99. The van der Waals surface area contributed by atoms with Crippen LogP contribution < -0.4 is 5.32 Å². The average molecular weight is 315 g/mol. The number of nitrogens with one attached hydrogen (secondary N) is 1. The summed E-state index contributed by atoms with van der Waals surface area (Å²) in [6, 6.07) is 9.53. The van der Waals surface area contributed by atoms with Gasteiger partial charge in [-0.15, -0.1) is 0 Å². The van der Waals surface area contributed by atoms with Crippen LogP contribution in [0.4, 0.5) is 5.69 Å². The predicted octanol–water partition coefficient (Wildman–Crippen LogP) is 1.13. The molecule has 0 radical (unpaired) electrons. The molecule has 1 amide bonds. The Hall–Kier alpha value is -2.25. The van der Waals surface area contributed by atoms with Crippen LogP contribution in [0.2, 0.25) is 0 Å². The lowest BCUT2D eigenvalue weighted by Gasteiger charge is -2.33. The summed E-state index contributed by atoms with van der Waals surface area (Å²) in [6.07, 6.45) is 0. The van der Waals surface area contributed by atoms with Gasteiger partial charge in [0.25, 0.3) is 0 Å². The second-order valence-corrected chi connectivity index (χ2v) is 5.70. The number of hydrogen-bond acceptors (Lipinski definition) is 6. The lowest BCUT2D eigenvalue weighted by molar-refractivity contribution is -0.117. The molecular formula is C16H21N5O2. The first-order valence-electron chi connectivity index (χ1n) is 7.78. The van der Waals surface area contributed by atoms with E-state index in [0.29, 0.717) is 24.8 Å². The molecule has 0 aliphatic carbocycles. The molecule has 2 heterocycles. The number of benzene rings is 1. The average Bonchev–Trinajstić information content (AvgIpc) is 2.95. The Bertz CT molecular complexity index is 635. The van der Waals surface area contributed by atoms with Crippen LogP contribution >= 0.6 is 0 Å². The summed E-state index contributed by atoms with van der Waals surface area (Å²) in [7, 11) is 0. The van der Waals surface area contributed by atoms with Gasteiger partial charge in [0.1, 0.15) is 0 Å². The first-order valence-corrected chi connectivity index (χ1v) is 7.78. The van der Waals surface area contributed by atoms with Gasteiger partial charge in [0.15, 0.2) is 5.82 Å². The summed E-state index contributed by atoms with van der Waals surface area (Å²) in [6.45, 7) is 6.40. The Morgan fingerprint density at radius 1 is 1.17 bits per heavy atom. The summed E-state index contributed by atoms with van der Waals surface area (Å²) in [5, 5.41) is 6.72. The van der Waals surface area contributed by atoms with Crippen LogP contribution in [0.1, 0.15) is 11.7 Å². The molecule has 2 aromatic rings. The third kappa shape index (κ3) is 4.61. The monoisotopic (exact) mass is 315 g/mol. The van der Waals surface area contributed by atoms with Crippen molar-refractivity contribution in [3.63, 3.8) is 0 Å². The van der Waals surface area contributed by atoms with Crippen LogP contribution in [0.25, 0.3) is 0 Å². The van der Waals surface area contributed by atoms with Crippen molar-refractivity contribution in [3.05, 3.63) is 42.0 Å². The molecule has 23 heavy (non-hydrogen) atoms. The topological polar surface area (TPSA) is 74.5 Å². The fraction of sp³-hybridized carbons (Fsp3) is 0.438. The second kappa shape index (κ2) is 7.34. The maximum atomic E-state index is 12.1. The summed E-state index contributed by atoms with van der Waals surface area (Å²) in [5.41, 5.74) is 0.836. The Labute approximate surface area is 135 Å². The highest BCUT2D eigenvalue weighted by Gasteiger charge is 2.20. The number of carbonyl (C=O) groups is 1. The molecule has 1 aromatic carbocycles. The normalized spacial score (nSPS) is 16.4. The molecular weight excluding hydrogens is 294 g/mol. The van der Waals surface area contributed by atoms with Crippen molar-refractivity contribution in [2.45, 2.75) is 13.5 Å². The lowest BCUT2D eigenvalue weighted by Crippen LogP contribution is -2.48. The number of para-hydroxylation sites is 1. The van der Waals surface area contributed by atoms with E-state index in [2.05, 4.69) is 25.3 Å². The van der Waals surface area contributed by atoms with Crippen molar-refractivity contribution in [2.24, 2.45) is 0 Å². The zero-order valence-electron chi connectivity index (χ0n) is 13.2. The van der Waals surface area contributed by atoms with Gasteiger partial charge in [-0.1, -0.05) is 23.4 Å². The van der Waals surface area contributed by atoms with Crippen molar-refractivity contribution in [1.82, 2.24) is 19.9 Å². The lowest BCUT2D eigenvalue weighted by atomic mass is 10.3. The molecule has 0 atom stereocenters. The number of anilines is 1. The van der Waals surface area contributed by atoms with Crippen LogP contribution in [0, 0.1) is 6.92 Å². The molecule has 0 unspecified atom stereocenters. The van der Waals surface area contributed by atoms with Gasteiger partial charge in [0.05, 0.1) is 13.1 Å². The largest absolute Gasteiger partial charge is 0.338 e. The predicted molar refractivity (Wildman–Crippen MR) is 85.8 cm³/mol. The van der Waals surface area contributed by atoms with Gasteiger partial charge in [-0.05, 0) is 19.1 Å². The number of amides is 1. The molecule has 1 aromatic heterocycles. The van der Waals surface area contributed by atoms with Crippen LogP contribution in [-0.4, -0.2) is 58.6 Å². The fourth-order valence-electron chi connectivity index (χ4n) is 2.63.